The standard InChI is InChI=1S/C23H28N2O4/c1-15(2)22(25-21(26)13-17-7-5-4-6-8-17)23(27)24-16(3)18-9-10-19-20(14-18)29-12-11-28-19/h4-10,14-16,22H,11-13H2,1-3H3,(H,24,27)(H,25,26)/t16?,22-/m0/s1. The molecule has 0 saturated heterocycles. The molecular formula is C23H28N2O4. The lowest BCUT2D eigenvalue weighted by Gasteiger charge is -2.25. The Labute approximate surface area is 171 Å². The Bertz CT molecular complexity index is 851. The first-order valence-electron chi connectivity index (χ1n) is 9.97. The summed E-state index contributed by atoms with van der Waals surface area (Å²) in [6.45, 7) is 6.80. The highest BCUT2D eigenvalue weighted by atomic mass is 16.6. The van der Waals surface area contributed by atoms with Crippen LogP contribution in [0.4, 0.5) is 0 Å². The van der Waals surface area contributed by atoms with Gasteiger partial charge in [-0.15, -0.1) is 0 Å². The molecule has 2 aromatic carbocycles. The molecule has 6 nitrogen and oxygen atoms in total. The minimum absolute atomic E-state index is 0.0396. The molecule has 1 aliphatic rings. The monoisotopic (exact) mass is 396 g/mol. The van der Waals surface area contributed by atoms with Crippen molar-refractivity contribution in [1.82, 2.24) is 10.6 Å². The molecule has 0 bridgehead atoms. The van der Waals surface area contributed by atoms with E-state index >= 15 is 0 Å². The van der Waals surface area contributed by atoms with Crippen molar-refractivity contribution in [3.63, 3.8) is 0 Å². The van der Waals surface area contributed by atoms with Crippen molar-refractivity contribution in [2.45, 2.75) is 39.3 Å². The second-order valence-electron chi connectivity index (χ2n) is 7.58. The minimum atomic E-state index is -0.606. The first-order chi connectivity index (χ1) is 13.9. The molecule has 0 radical (unpaired) electrons. The van der Waals surface area contributed by atoms with Gasteiger partial charge in [0.1, 0.15) is 19.3 Å². The summed E-state index contributed by atoms with van der Waals surface area (Å²) in [5, 5.41) is 5.88. The third kappa shape index (κ3) is 5.50. The van der Waals surface area contributed by atoms with E-state index in [1.807, 2.05) is 69.3 Å². The van der Waals surface area contributed by atoms with Crippen LogP contribution in [0, 0.1) is 5.92 Å². The largest absolute Gasteiger partial charge is 0.486 e. The molecule has 2 N–H and O–H groups in total. The van der Waals surface area contributed by atoms with E-state index in [4.69, 9.17) is 9.47 Å². The lowest BCUT2D eigenvalue weighted by atomic mass is 10.0. The Balaban J connectivity index is 1.62. The average Bonchev–Trinajstić information content (AvgIpc) is 2.72. The molecular weight excluding hydrogens is 368 g/mol. The maximum atomic E-state index is 12.9. The highest BCUT2D eigenvalue weighted by Crippen LogP contribution is 2.32. The molecule has 29 heavy (non-hydrogen) atoms. The van der Waals surface area contributed by atoms with Gasteiger partial charge in [0, 0.05) is 0 Å². The summed E-state index contributed by atoms with van der Waals surface area (Å²) in [6.07, 6.45) is 0.245. The van der Waals surface area contributed by atoms with Gasteiger partial charge in [0.25, 0.3) is 0 Å². The molecule has 154 valence electrons. The van der Waals surface area contributed by atoms with E-state index < -0.39 is 6.04 Å². The zero-order valence-electron chi connectivity index (χ0n) is 17.1. The van der Waals surface area contributed by atoms with Gasteiger partial charge in [-0.3, -0.25) is 9.59 Å². The number of benzene rings is 2. The Morgan fingerprint density at radius 3 is 2.31 bits per heavy atom. The van der Waals surface area contributed by atoms with Crippen LogP contribution in [0.1, 0.15) is 37.9 Å². The van der Waals surface area contributed by atoms with Gasteiger partial charge in [0.05, 0.1) is 12.5 Å². The van der Waals surface area contributed by atoms with Crippen molar-refractivity contribution < 1.29 is 19.1 Å². The Morgan fingerprint density at radius 1 is 0.931 bits per heavy atom. The maximum absolute atomic E-state index is 12.9. The normalized spacial score (nSPS) is 14.8. The van der Waals surface area contributed by atoms with E-state index in [0.717, 1.165) is 11.1 Å². The smallest absolute Gasteiger partial charge is 0.243 e. The molecule has 0 spiro atoms. The molecule has 0 aliphatic carbocycles. The van der Waals surface area contributed by atoms with Crippen molar-refractivity contribution in [3.05, 3.63) is 59.7 Å². The lowest BCUT2D eigenvalue weighted by molar-refractivity contribution is -0.130. The molecule has 3 rings (SSSR count). The summed E-state index contributed by atoms with van der Waals surface area (Å²) < 4.78 is 11.2. The molecule has 2 atom stereocenters. The third-order valence-electron chi connectivity index (χ3n) is 4.90. The summed E-state index contributed by atoms with van der Waals surface area (Å²) in [7, 11) is 0. The number of carbonyl (C=O) groups excluding carboxylic acids is 2. The van der Waals surface area contributed by atoms with Gasteiger partial charge in [-0.05, 0) is 36.1 Å². The first-order valence-corrected chi connectivity index (χ1v) is 9.97. The number of rotatable bonds is 7. The number of ether oxygens (including phenoxy) is 2. The summed E-state index contributed by atoms with van der Waals surface area (Å²) in [5.41, 5.74) is 1.83. The topological polar surface area (TPSA) is 76.7 Å². The van der Waals surface area contributed by atoms with Gasteiger partial charge >= 0.3 is 0 Å². The molecule has 1 unspecified atom stereocenters. The molecule has 0 saturated carbocycles. The van der Waals surface area contributed by atoms with Crippen LogP contribution in [-0.2, 0) is 16.0 Å². The maximum Gasteiger partial charge on any atom is 0.243 e. The van der Waals surface area contributed by atoms with Crippen LogP contribution in [0.5, 0.6) is 11.5 Å². The first kappa shape index (κ1) is 20.7. The van der Waals surface area contributed by atoms with Gasteiger partial charge < -0.3 is 20.1 Å². The van der Waals surface area contributed by atoms with Crippen LogP contribution >= 0.6 is 0 Å². The van der Waals surface area contributed by atoms with Crippen LogP contribution in [0.15, 0.2) is 48.5 Å². The molecule has 1 heterocycles. The fourth-order valence-corrected chi connectivity index (χ4v) is 3.26. The number of amides is 2. The van der Waals surface area contributed by atoms with Crippen LogP contribution < -0.4 is 20.1 Å². The zero-order chi connectivity index (χ0) is 20.8. The zero-order valence-corrected chi connectivity index (χ0v) is 17.1. The van der Waals surface area contributed by atoms with Crippen molar-refractivity contribution in [3.8, 4) is 11.5 Å². The van der Waals surface area contributed by atoms with Crippen LogP contribution in [0.3, 0.4) is 0 Å². The van der Waals surface area contributed by atoms with Crippen molar-refractivity contribution >= 4 is 11.8 Å². The summed E-state index contributed by atoms with van der Waals surface area (Å²) >= 11 is 0. The van der Waals surface area contributed by atoms with E-state index in [1.54, 1.807) is 0 Å². The SMILES string of the molecule is CC(NC(=O)[C@@H](NC(=O)Cc1ccccc1)C(C)C)c1ccc2c(c1)OCCO2. The van der Waals surface area contributed by atoms with Gasteiger partial charge in [-0.1, -0.05) is 50.2 Å². The summed E-state index contributed by atoms with van der Waals surface area (Å²) in [6, 6.07) is 14.3. The van der Waals surface area contributed by atoms with E-state index in [1.165, 1.54) is 0 Å². The second-order valence-corrected chi connectivity index (χ2v) is 7.58. The summed E-state index contributed by atoms with van der Waals surface area (Å²) in [4.78, 5) is 25.3. The highest BCUT2D eigenvalue weighted by Gasteiger charge is 2.26. The Kier molecular flexibility index (Phi) is 6.75. The van der Waals surface area contributed by atoms with Gasteiger partial charge in [-0.25, -0.2) is 0 Å². The fraction of sp³-hybridized carbons (Fsp3) is 0.391. The van der Waals surface area contributed by atoms with Crippen molar-refractivity contribution in [1.29, 1.82) is 0 Å². The molecule has 0 fully saturated rings. The Hall–Kier alpha value is -3.02. The predicted octanol–water partition coefficient (Wildman–Crippen LogP) is 3.02. The van der Waals surface area contributed by atoms with E-state index in [0.29, 0.717) is 24.7 Å². The van der Waals surface area contributed by atoms with Gasteiger partial charge in [-0.2, -0.15) is 0 Å². The molecule has 1 aliphatic heterocycles. The predicted molar refractivity (Wildman–Crippen MR) is 111 cm³/mol. The highest BCUT2D eigenvalue weighted by molar-refractivity contribution is 5.88. The minimum Gasteiger partial charge on any atom is -0.486 e. The van der Waals surface area contributed by atoms with E-state index in [2.05, 4.69) is 10.6 Å². The number of hydrogen-bond donors (Lipinski definition) is 2. The number of fused-ring (bicyclic) bond motifs is 1. The molecule has 0 aromatic heterocycles. The van der Waals surface area contributed by atoms with Gasteiger partial charge in [0.2, 0.25) is 11.8 Å². The van der Waals surface area contributed by atoms with Crippen molar-refractivity contribution in [2.24, 2.45) is 5.92 Å². The average molecular weight is 396 g/mol. The quantitative estimate of drug-likeness (QED) is 0.754. The number of carbonyl (C=O) groups is 2. The van der Waals surface area contributed by atoms with Crippen LogP contribution in [-0.4, -0.2) is 31.1 Å². The Morgan fingerprint density at radius 2 is 1.62 bits per heavy atom. The van der Waals surface area contributed by atoms with E-state index in [9.17, 15) is 9.59 Å². The number of nitrogens with one attached hydrogen (secondary N) is 2. The molecule has 2 aromatic rings. The van der Waals surface area contributed by atoms with Crippen LogP contribution in [0.25, 0.3) is 0 Å². The number of hydrogen-bond acceptors (Lipinski definition) is 4. The molecule has 6 heteroatoms. The van der Waals surface area contributed by atoms with Gasteiger partial charge in [0.15, 0.2) is 11.5 Å². The lowest BCUT2D eigenvalue weighted by Crippen LogP contribution is -2.50. The second kappa shape index (κ2) is 9.45. The summed E-state index contributed by atoms with van der Waals surface area (Å²) in [5.74, 6) is 0.987. The van der Waals surface area contributed by atoms with Crippen LogP contribution in [0.2, 0.25) is 0 Å². The molecule has 2 amide bonds. The fourth-order valence-electron chi connectivity index (χ4n) is 3.26. The third-order valence-corrected chi connectivity index (χ3v) is 4.90. The van der Waals surface area contributed by atoms with Crippen molar-refractivity contribution in [2.75, 3.05) is 13.2 Å². The van der Waals surface area contributed by atoms with E-state index in [-0.39, 0.29) is 30.2 Å².